The number of halogens is 2. The first-order chi connectivity index (χ1) is 42.9. The molecule has 19 heteroatoms. The molecule has 4 aliphatic carbocycles. The largest absolute Gasteiger partial charge is 0.351 e. The topological polar surface area (TPSA) is 202 Å². The van der Waals surface area contributed by atoms with E-state index in [1.165, 1.54) is 57.2 Å². The Morgan fingerprint density at radius 2 is 1.00 bits per heavy atom. The van der Waals surface area contributed by atoms with Gasteiger partial charge in [-0.1, -0.05) is 86.3 Å². The highest BCUT2D eigenvalue weighted by atomic mass is 35.5. The fourth-order valence-electron chi connectivity index (χ4n) is 12.7. The van der Waals surface area contributed by atoms with Crippen LogP contribution in [0.2, 0.25) is 10.0 Å². The highest BCUT2D eigenvalue weighted by Crippen LogP contribution is 2.35. The summed E-state index contributed by atoms with van der Waals surface area (Å²) in [6, 6.07) is 31.1. The van der Waals surface area contributed by atoms with Crippen LogP contribution in [0.4, 0.5) is 11.9 Å². The van der Waals surface area contributed by atoms with Gasteiger partial charge < -0.3 is 25.6 Å². The van der Waals surface area contributed by atoms with E-state index >= 15 is 0 Å². The molecule has 4 heterocycles. The molecule has 4 fully saturated rings. The van der Waals surface area contributed by atoms with Crippen LogP contribution >= 0.6 is 23.2 Å². The van der Waals surface area contributed by atoms with Gasteiger partial charge in [0.05, 0.1) is 53.8 Å². The number of benzene rings is 4. The highest BCUT2D eigenvalue weighted by Gasteiger charge is 2.29. The van der Waals surface area contributed by atoms with Gasteiger partial charge >= 0.3 is 0 Å². The zero-order chi connectivity index (χ0) is 62.8. The van der Waals surface area contributed by atoms with Crippen LogP contribution in [0.5, 0.6) is 0 Å². The summed E-state index contributed by atoms with van der Waals surface area (Å²) >= 11 is 12.3. The molecule has 4 aromatic heterocycles. The molecule has 470 valence electrons. The molecule has 4 saturated carbocycles. The SMILES string of the molecule is CCc1cc(-c2ccc(CS(=O)(=O)c3ccccc3Cl)nc2C)cc2cnc(NC3CCC(N(C)CC4CCC4)CC3)nc12.CCc1cc(-c2ccc(CS(=O)(=O)c3ccccc3Cl)nc2C)cc2cnc(NC3CCC(NC)CC3)nc12.O=CC1CCC1. The quantitative estimate of drug-likeness (QED) is 0.0645. The number of aryl methyl sites for hydroxylation is 4. The van der Waals surface area contributed by atoms with Gasteiger partial charge in [-0.15, -0.1) is 0 Å². The number of anilines is 2. The number of sulfone groups is 2. The van der Waals surface area contributed by atoms with Crippen molar-refractivity contribution >= 4 is 82.9 Å². The van der Waals surface area contributed by atoms with Gasteiger partial charge in [-0.2, -0.15) is 0 Å². The number of aromatic nitrogens is 6. The van der Waals surface area contributed by atoms with Crippen molar-refractivity contribution in [2.45, 2.75) is 176 Å². The molecular weight excluding hydrogens is 1200 g/mol. The Hall–Kier alpha value is -6.47. The normalized spacial score (nSPS) is 18.9. The van der Waals surface area contributed by atoms with E-state index in [0.717, 1.165) is 143 Å². The maximum absolute atomic E-state index is 13.0. The molecule has 0 amide bonds. The molecule has 0 bridgehead atoms. The lowest BCUT2D eigenvalue weighted by molar-refractivity contribution is -0.113. The predicted molar refractivity (Wildman–Crippen MR) is 360 cm³/mol. The molecule has 0 spiro atoms. The minimum Gasteiger partial charge on any atom is -0.351 e. The average Bonchev–Trinajstić information content (AvgIpc) is 1.32. The first-order valence-corrected chi connectivity index (χ1v) is 35.8. The number of fused-ring (bicyclic) bond motifs is 2. The highest BCUT2D eigenvalue weighted by molar-refractivity contribution is 7.91. The molecule has 0 radical (unpaired) electrons. The smallest absolute Gasteiger partial charge is 0.223 e. The van der Waals surface area contributed by atoms with E-state index in [2.05, 4.69) is 81.0 Å². The van der Waals surface area contributed by atoms with Gasteiger partial charge in [-0.05, 0) is 207 Å². The van der Waals surface area contributed by atoms with Crippen LogP contribution in [-0.2, 0) is 48.8 Å². The van der Waals surface area contributed by atoms with Crippen LogP contribution in [0.25, 0.3) is 44.1 Å². The first-order valence-electron chi connectivity index (χ1n) is 31.7. The Labute approximate surface area is 535 Å². The number of carbonyl (C=O) groups is 1. The summed E-state index contributed by atoms with van der Waals surface area (Å²) < 4.78 is 51.9. The predicted octanol–water partition coefficient (Wildman–Crippen LogP) is 14.8. The zero-order valence-corrected chi connectivity index (χ0v) is 55.3. The van der Waals surface area contributed by atoms with Crippen molar-refractivity contribution in [1.82, 2.24) is 40.1 Å². The summed E-state index contributed by atoms with van der Waals surface area (Å²) in [4.78, 5) is 41.2. The van der Waals surface area contributed by atoms with Crippen LogP contribution in [-0.4, -0.2) is 103 Å². The summed E-state index contributed by atoms with van der Waals surface area (Å²) in [6.07, 6.45) is 23.5. The van der Waals surface area contributed by atoms with E-state index in [1.54, 1.807) is 48.5 Å². The molecule has 89 heavy (non-hydrogen) atoms. The van der Waals surface area contributed by atoms with Crippen LogP contribution in [0.3, 0.4) is 0 Å². The Morgan fingerprint density at radius 3 is 1.37 bits per heavy atom. The minimum absolute atomic E-state index is 0.122. The van der Waals surface area contributed by atoms with E-state index in [1.807, 2.05) is 45.4 Å². The molecule has 0 aliphatic heterocycles. The second-order valence-electron chi connectivity index (χ2n) is 24.7. The fourth-order valence-corrected chi connectivity index (χ4v) is 16.4. The summed E-state index contributed by atoms with van der Waals surface area (Å²) in [5, 5.41) is 13.0. The molecule has 0 atom stereocenters. The third-order valence-corrected chi connectivity index (χ3v) is 22.7. The van der Waals surface area contributed by atoms with Gasteiger partial charge in [0.15, 0.2) is 19.7 Å². The van der Waals surface area contributed by atoms with Gasteiger partial charge in [0.1, 0.15) is 6.29 Å². The molecule has 0 saturated heterocycles. The summed E-state index contributed by atoms with van der Waals surface area (Å²) in [6.45, 7) is 9.34. The van der Waals surface area contributed by atoms with E-state index in [-0.39, 0.29) is 31.3 Å². The summed E-state index contributed by atoms with van der Waals surface area (Å²) in [5.74, 6) is 2.31. The molecule has 0 unspecified atom stereocenters. The molecule has 3 N–H and O–H groups in total. The third-order valence-electron chi connectivity index (χ3n) is 18.4. The number of pyridine rings is 2. The van der Waals surface area contributed by atoms with Crippen molar-refractivity contribution < 1.29 is 21.6 Å². The summed E-state index contributed by atoms with van der Waals surface area (Å²) in [5.41, 5.74) is 10.7. The zero-order valence-electron chi connectivity index (χ0n) is 52.1. The molecular formula is C70H84Cl2N10O5S2. The van der Waals surface area contributed by atoms with Gasteiger partial charge in [0.25, 0.3) is 0 Å². The van der Waals surface area contributed by atoms with Crippen molar-refractivity contribution in [3.63, 3.8) is 0 Å². The number of hydrogen-bond donors (Lipinski definition) is 3. The van der Waals surface area contributed by atoms with Crippen LogP contribution in [0.1, 0.15) is 138 Å². The number of nitrogens with zero attached hydrogens (tertiary/aromatic N) is 7. The van der Waals surface area contributed by atoms with E-state index in [4.69, 9.17) is 38.2 Å². The van der Waals surface area contributed by atoms with E-state index in [9.17, 15) is 21.6 Å². The third kappa shape index (κ3) is 16.4. The maximum Gasteiger partial charge on any atom is 0.223 e. The Balaban J connectivity index is 0.000000180. The number of rotatable bonds is 19. The maximum atomic E-state index is 13.0. The minimum atomic E-state index is -3.62. The van der Waals surface area contributed by atoms with E-state index < -0.39 is 19.7 Å². The van der Waals surface area contributed by atoms with Crippen LogP contribution in [0.15, 0.2) is 119 Å². The standard InChI is InChI=1S/C35H42ClN5O2S.C30H34ClN5O2S.C5H8O/c1-4-25-18-26(31-17-14-29(38-23(31)2)22-44(42,43)33-11-6-5-10-32(33)36)19-27-20-37-35(40-34(25)27)39-28-12-15-30(16-13-28)41(3)21-24-8-7-9-24;1-4-20-15-21(16-22-17-33-30(36-29(20)22)35-24-11-9-23(32-3)10-12-24)26-14-13-25(34-19(26)2)18-39(37,38)28-8-6-5-7-27(28)31;6-4-5-2-1-3-5/h5-6,10-11,14,17-20,24,28,30H,4,7-9,12-13,15-16,21-22H2,1-3H3,(H,37,39,40);5-8,13-17,23-24,32H,4,9-12,18H2,1-3H3,(H,33,35,36);4-5H,1-3H2. The molecule has 15 nitrogen and oxygen atoms in total. The van der Waals surface area contributed by atoms with Crippen LogP contribution in [0, 0.1) is 25.7 Å². The fraction of sp³-hybridized carbons (Fsp3) is 0.443. The van der Waals surface area contributed by atoms with E-state index in [0.29, 0.717) is 53.4 Å². The van der Waals surface area contributed by atoms with Crippen molar-refractivity contribution in [3.05, 3.63) is 153 Å². The Kier molecular flexibility index (Phi) is 21.8. The van der Waals surface area contributed by atoms with Gasteiger partial charge in [0, 0.05) is 82.3 Å². The molecule has 4 aliphatic rings. The lowest BCUT2D eigenvalue weighted by atomic mass is 9.84. The first kappa shape index (κ1) is 65.5. The van der Waals surface area contributed by atoms with Gasteiger partial charge in [-0.25, -0.2) is 36.8 Å². The average molecular weight is 1280 g/mol. The molecule has 12 rings (SSSR count). The number of carbonyl (C=O) groups excluding carboxylic acids is 1. The summed E-state index contributed by atoms with van der Waals surface area (Å²) in [7, 11) is -2.90. The number of nitrogens with one attached hydrogen (secondary N) is 3. The second-order valence-corrected chi connectivity index (χ2v) is 29.4. The van der Waals surface area contributed by atoms with Crippen molar-refractivity contribution in [1.29, 1.82) is 0 Å². The van der Waals surface area contributed by atoms with Gasteiger partial charge in [-0.3, -0.25) is 9.97 Å². The van der Waals surface area contributed by atoms with Crippen molar-refractivity contribution in [3.8, 4) is 22.3 Å². The second kappa shape index (κ2) is 29.7. The monoisotopic (exact) mass is 1280 g/mol. The van der Waals surface area contributed by atoms with Crippen LogP contribution < -0.4 is 16.0 Å². The van der Waals surface area contributed by atoms with Crippen molar-refractivity contribution in [2.75, 3.05) is 31.3 Å². The number of hydrogen-bond acceptors (Lipinski definition) is 15. The Bertz CT molecular complexity index is 4020. The molecule has 8 aromatic rings. The number of aldehydes is 1. The Morgan fingerprint density at radius 1 is 0.562 bits per heavy atom. The van der Waals surface area contributed by atoms with Crippen molar-refractivity contribution in [2.24, 2.45) is 11.8 Å². The van der Waals surface area contributed by atoms with Gasteiger partial charge in [0.2, 0.25) is 11.9 Å². The molecule has 4 aromatic carbocycles. The lowest BCUT2D eigenvalue weighted by Gasteiger charge is -2.38. The lowest BCUT2D eigenvalue weighted by Crippen LogP contribution is -2.41.